The Labute approximate surface area is 87.9 Å². The second kappa shape index (κ2) is 3.95. The van der Waals surface area contributed by atoms with E-state index < -0.39 is 5.60 Å². The van der Waals surface area contributed by atoms with Gasteiger partial charge in [-0.15, -0.1) is 12.3 Å². The van der Waals surface area contributed by atoms with Crippen molar-refractivity contribution in [2.75, 3.05) is 0 Å². The van der Waals surface area contributed by atoms with Gasteiger partial charge in [0.05, 0.1) is 5.60 Å². The van der Waals surface area contributed by atoms with Crippen LogP contribution in [0.15, 0.2) is 0 Å². The molecular formula is C13H22O. The van der Waals surface area contributed by atoms with Crippen LogP contribution < -0.4 is 0 Å². The minimum absolute atomic E-state index is 0.296. The molecule has 0 aromatic rings. The maximum absolute atomic E-state index is 10.5. The molecule has 0 bridgehead atoms. The lowest BCUT2D eigenvalue weighted by molar-refractivity contribution is -0.00536. The molecule has 1 fully saturated rings. The summed E-state index contributed by atoms with van der Waals surface area (Å²) < 4.78 is 0. The SMILES string of the molecule is C#CCCCC1(O)CC(C)(C)CC1C. The van der Waals surface area contributed by atoms with Crippen molar-refractivity contribution in [1.82, 2.24) is 0 Å². The molecule has 0 spiro atoms. The molecule has 1 saturated carbocycles. The van der Waals surface area contributed by atoms with Crippen LogP contribution in [0.25, 0.3) is 0 Å². The first-order valence-electron chi connectivity index (χ1n) is 5.55. The first-order valence-corrected chi connectivity index (χ1v) is 5.55. The van der Waals surface area contributed by atoms with Crippen molar-refractivity contribution < 1.29 is 5.11 Å². The third kappa shape index (κ3) is 2.51. The van der Waals surface area contributed by atoms with Crippen LogP contribution in [-0.2, 0) is 0 Å². The lowest BCUT2D eigenvalue weighted by Crippen LogP contribution is -2.31. The minimum atomic E-state index is -0.458. The molecule has 1 nitrogen and oxygen atoms in total. The van der Waals surface area contributed by atoms with Gasteiger partial charge in [0.1, 0.15) is 0 Å². The van der Waals surface area contributed by atoms with Crippen molar-refractivity contribution >= 4 is 0 Å². The highest BCUT2D eigenvalue weighted by Gasteiger charge is 2.46. The van der Waals surface area contributed by atoms with Gasteiger partial charge in [-0.3, -0.25) is 0 Å². The number of hydrogen-bond donors (Lipinski definition) is 1. The molecule has 0 heterocycles. The van der Waals surface area contributed by atoms with Crippen molar-refractivity contribution in [3.05, 3.63) is 0 Å². The Morgan fingerprint density at radius 2 is 2.14 bits per heavy atom. The van der Waals surface area contributed by atoms with Gasteiger partial charge >= 0.3 is 0 Å². The van der Waals surface area contributed by atoms with Crippen molar-refractivity contribution in [1.29, 1.82) is 0 Å². The van der Waals surface area contributed by atoms with Gasteiger partial charge in [0.15, 0.2) is 0 Å². The van der Waals surface area contributed by atoms with Crippen LogP contribution >= 0.6 is 0 Å². The number of hydrogen-bond acceptors (Lipinski definition) is 1. The summed E-state index contributed by atoms with van der Waals surface area (Å²) >= 11 is 0. The Morgan fingerprint density at radius 1 is 1.50 bits per heavy atom. The molecule has 14 heavy (non-hydrogen) atoms. The molecule has 1 heteroatoms. The molecule has 0 amide bonds. The molecule has 2 unspecified atom stereocenters. The molecule has 0 aliphatic heterocycles. The molecule has 1 aliphatic rings. The van der Waals surface area contributed by atoms with Gasteiger partial charge in [0.2, 0.25) is 0 Å². The second-order valence-corrected chi connectivity index (χ2v) is 5.61. The fraction of sp³-hybridized carbons (Fsp3) is 0.846. The van der Waals surface area contributed by atoms with E-state index in [2.05, 4.69) is 26.7 Å². The first kappa shape index (κ1) is 11.6. The zero-order chi connectivity index (χ0) is 10.8. The summed E-state index contributed by atoms with van der Waals surface area (Å²) in [7, 11) is 0. The van der Waals surface area contributed by atoms with Crippen molar-refractivity contribution in [2.24, 2.45) is 11.3 Å². The fourth-order valence-electron chi connectivity index (χ4n) is 2.93. The van der Waals surface area contributed by atoms with Crippen molar-refractivity contribution in [3.8, 4) is 12.3 Å². The lowest BCUT2D eigenvalue weighted by Gasteiger charge is -2.28. The molecule has 2 atom stereocenters. The van der Waals surface area contributed by atoms with Crippen LogP contribution in [0.2, 0.25) is 0 Å². The third-order valence-corrected chi connectivity index (χ3v) is 3.49. The predicted octanol–water partition coefficient (Wildman–Crippen LogP) is 2.98. The summed E-state index contributed by atoms with van der Waals surface area (Å²) in [5, 5.41) is 10.5. The summed E-state index contributed by atoms with van der Waals surface area (Å²) in [5.74, 6) is 3.05. The zero-order valence-corrected chi connectivity index (χ0v) is 9.64. The van der Waals surface area contributed by atoms with Gasteiger partial charge in [-0.1, -0.05) is 20.8 Å². The quantitative estimate of drug-likeness (QED) is 0.541. The maximum Gasteiger partial charge on any atom is 0.0678 e. The Morgan fingerprint density at radius 3 is 2.57 bits per heavy atom. The Kier molecular flexibility index (Phi) is 3.27. The third-order valence-electron chi connectivity index (χ3n) is 3.49. The summed E-state index contributed by atoms with van der Waals surface area (Å²) in [5.41, 5.74) is -0.162. The van der Waals surface area contributed by atoms with E-state index >= 15 is 0 Å². The standard InChI is InChI=1S/C13H22O/c1-5-6-7-8-13(14)10-12(3,4)9-11(13)2/h1,11,14H,6-10H2,2-4H3. The average molecular weight is 194 g/mol. The van der Waals surface area contributed by atoms with Crippen LogP contribution in [0.5, 0.6) is 0 Å². The Bertz CT molecular complexity index is 236. The molecular weight excluding hydrogens is 172 g/mol. The molecule has 1 N–H and O–H groups in total. The van der Waals surface area contributed by atoms with E-state index in [4.69, 9.17) is 6.42 Å². The summed E-state index contributed by atoms with van der Waals surface area (Å²) in [6.07, 6.45) is 9.86. The largest absolute Gasteiger partial charge is 0.390 e. The maximum atomic E-state index is 10.5. The number of unbranched alkanes of at least 4 members (excludes halogenated alkanes) is 1. The normalized spacial score (nSPS) is 35.5. The van der Waals surface area contributed by atoms with E-state index in [1.54, 1.807) is 0 Å². The molecule has 0 aromatic carbocycles. The lowest BCUT2D eigenvalue weighted by atomic mass is 9.85. The summed E-state index contributed by atoms with van der Waals surface area (Å²) in [6.45, 7) is 6.63. The van der Waals surface area contributed by atoms with Gasteiger partial charge in [-0.25, -0.2) is 0 Å². The Balaban J connectivity index is 2.53. The smallest absolute Gasteiger partial charge is 0.0678 e. The van der Waals surface area contributed by atoms with Crippen LogP contribution in [0.3, 0.4) is 0 Å². The van der Waals surface area contributed by atoms with E-state index in [0.29, 0.717) is 11.3 Å². The van der Waals surface area contributed by atoms with E-state index in [1.165, 1.54) is 0 Å². The number of rotatable bonds is 3. The summed E-state index contributed by atoms with van der Waals surface area (Å²) in [4.78, 5) is 0. The van der Waals surface area contributed by atoms with E-state index in [-0.39, 0.29) is 0 Å². The highest BCUT2D eigenvalue weighted by Crippen LogP contribution is 2.49. The van der Waals surface area contributed by atoms with Crippen LogP contribution in [0.4, 0.5) is 0 Å². The van der Waals surface area contributed by atoms with Crippen LogP contribution in [0.1, 0.15) is 52.9 Å². The topological polar surface area (TPSA) is 20.2 Å². The van der Waals surface area contributed by atoms with Gasteiger partial charge in [0.25, 0.3) is 0 Å². The van der Waals surface area contributed by atoms with E-state index in [1.807, 2.05) is 0 Å². The average Bonchev–Trinajstić information content (AvgIpc) is 2.21. The van der Waals surface area contributed by atoms with Crippen molar-refractivity contribution in [3.63, 3.8) is 0 Å². The van der Waals surface area contributed by atoms with Crippen LogP contribution in [-0.4, -0.2) is 10.7 Å². The van der Waals surface area contributed by atoms with Crippen LogP contribution in [0, 0.1) is 23.7 Å². The molecule has 80 valence electrons. The molecule has 0 aromatic heterocycles. The van der Waals surface area contributed by atoms with E-state index in [0.717, 1.165) is 32.1 Å². The minimum Gasteiger partial charge on any atom is -0.390 e. The number of terminal acetylenes is 1. The van der Waals surface area contributed by atoms with Gasteiger partial charge in [-0.2, -0.15) is 0 Å². The Hall–Kier alpha value is -0.480. The fourth-order valence-corrected chi connectivity index (χ4v) is 2.93. The van der Waals surface area contributed by atoms with Gasteiger partial charge in [-0.05, 0) is 37.0 Å². The molecule has 1 rings (SSSR count). The van der Waals surface area contributed by atoms with Crippen molar-refractivity contribution in [2.45, 2.75) is 58.5 Å². The molecule has 0 radical (unpaired) electrons. The monoisotopic (exact) mass is 194 g/mol. The highest BCUT2D eigenvalue weighted by atomic mass is 16.3. The van der Waals surface area contributed by atoms with Gasteiger partial charge in [0, 0.05) is 6.42 Å². The van der Waals surface area contributed by atoms with E-state index in [9.17, 15) is 5.11 Å². The first-order chi connectivity index (χ1) is 6.40. The predicted molar refractivity (Wildman–Crippen MR) is 59.8 cm³/mol. The molecule has 1 aliphatic carbocycles. The zero-order valence-electron chi connectivity index (χ0n) is 9.64. The summed E-state index contributed by atoms with van der Waals surface area (Å²) in [6, 6.07) is 0. The second-order valence-electron chi connectivity index (χ2n) is 5.61. The highest BCUT2D eigenvalue weighted by molar-refractivity contribution is 4.98. The molecule has 0 saturated heterocycles. The number of aliphatic hydroxyl groups is 1. The van der Waals surface area contributed by atoms with Gasteiger partial charge < -0.3 is 5.11 Å².